The third kappa shape index (κ3) is 3.20. The van der Waals surface area contributed by atoms with Crippen molar-refractivity contribution in [3.05, 3.63) is 34.3 Å². The Bertz CT molecular complexity index is 172. The smallest absolute Gasteiger partial charge is 0.0592 e. The van der Waals surface area contributed by atoms with Crippen LogP contribution in [-0.2, 0) is 0 Å². The van der Waals surface area contributed by atoms with Gasteiger partial charge in [-0.05, 0) is 12.1 Å². The third-order valence-corrected chi connectivity index (χ3v) is 1.58. The van der Waals surface area contributed by atoms with E-state index in [0.29, 0.717) is 10.0 Å². The highest BCUT2D eigenvalue weighted by atomic mass is 35.5. The molecule has 0 amide bonds. The number of rotatable bonds is 0. The van der Waals surface area contributed by atoms with E-state index in [9.17, 15) is 0 Å². The van der Waals surface area contributed by atoms with Crippen molar-refractivity contribution in [2.75, 3.05) is 0 Å². The Kier molecular flexibility index (Phi) is 7.20. The number of hydrogen-bond donors (Lipinski definition) is 0. The van der Waals surface area contributed by atoms with E-state index in [2.05, 4.69) is 0 Å². The first-order valence-electron chi connectivity index (χ1n) is 2.21. The number of halogens is 3. The zero-order valence-electron chi connectivity index (χ0n) is 4.97. The van der Waals surface area contributed by atoms with E-state index in [-0.39, 0.29) is 15.7 Å². The molecule has 0 bridgehead atoms. The SMILES string of the molecule is Clc1ccccc1Cl.F.[Si]. The lowest BCUT2D eigenvalue weighted by Gasteiger charge is -1.88. The van der Waals surface area contributed by atoms with Crippen molar-refractivity contribution >= 4 is 34.2 Å². The quantitative estimate of drug-likeness (QED) is 0.558. The Morgan fingerprint density at radius 2 is 1.20 bits per heavy atom. The van der Waals surface area contributed by atoms with E-state index in [4.69, 9.17) is 23.2 Å². The summed E-state index contributed by atoms with van der Waals surface area (Å²) < 4.78 is 0. The minimum absolute atomic E-state index is 0. The molecule has 0 spiro atoms. The van der Waals surface area contributed by atoms with Crippen LogP contribution in [0.15, 0.2) is 24.3 Å². The molecular weight excluding hydrogens is 190 g/mol. The molecule has 0 saturated carbocycles. The lowest BCUT2D eigenvalue weighted by atomic mass is 10.4. The molecule has 0 aliphatic heterocycles. The first-order valence-corrected chi connectivity index (χ1v) is 2.96. The minimum atomic E-state index is 0. The molecule has 1 aromatic rings. The monoisotopic (exact) mass is 194 g/mol. The Hall–Kier alpha value is -0.0531. The second-order valence-corrected chi connectivity index (χ2v) is 2.23. The molecule has 1 aromatic carbocycles. The standard InChI is InChI=1S/C6H4Cl2.FH.Si/c7-5-3-1-2-4-6(5)8;;/h1-4H;1H;. The molecule has 4 heteroatoms. The Morgan fingerprint density at radius 3 is 1.40 bits per heavy atom. The average molecular weight is 195 g/mol. The molecule has 0 saturated heterocycles. The lowest BCUT2D eigenvalue weighted by Crippen LogP contribution is -1.62. The Balaban J connectivity index is 0. The van der Waals surface area contributed by atoms with Gasteiger partial charge in [-0.25, -0.2) is 0 Å². The molecule has 54 valence electrons. The molecule has 10 heavy (non-hydrogen) atoms. The molecule has 0 nitrogen and oxygen atoms in total. The second-order valence-electron chi connectivity index (χ2n) is 1.41. The Labute approximate surface area is 73.5 Å². The highest BCUT2D eigenvalue weighted by Gasteiger charge is 1.89. The van der Waals surface area contributed by atoms with Gasteiger partial charge in [-0.3, -0.25) is 4.70 Å². The number of benzene rings is 1. The summed E-state index contributed by atoms with van der Waals surface area (Å²) in [5.74, 6) is 0. The van der Waals surface area contributed by atoms with Crippen molar-refractivity contribution in [3.8, 4) is 0 Å². The molecule has 4 radical (unpaired) electrons. The van der Waals surface area contributed by atoms with Gasteiger partial charge in [0.25, 0.3) is 0 Å². The molecule has 0 atom stereocenters. The van der Waals surface area contributed by atoms with Gasteiger partial charge in [-0.2, -0.15) is 0 Å². The fourth-order valence-corrected chi connectivity index (χ4v) is 0.711. The first-order chi connectivity index (χ1) is 3.80. The fraction of sp³-hybridized carbons (Fsp3) is 0. The zero-order chi connectivity index (χ0) is 5.98. The van der Waals surface area contributed by atoms with Crippen LogP contribution in [0.25, 0.3) is 0 Å². The van der Waals surface area contributed by atoms with E-state index in [0.717, 1.165) is 0 Å². The van der Waals surface area contributed by atoms with Crippen LogP contribution in [0.4, 0.5) is 4.70 Å². The molecule has 0 N–H and O–H groups in total. The van der Waals surface area contributed by atoms with Crippen molar-refractivity contribution in [1.29, 1.82) is 0 Å². The van der Waals surface area contributed by atoms with Crippen molar-refractivity contribution in [1.82, 2.24) is 0 Å². The van der Waals surface area contributed by atoms with Crippen LogP contribution in [0.5, 0.6) is 0 Å². The molecule has 0 fully saturated rings. The largest absolute Gasteiger partial charge is 0.269 e. The van der Waals surface area contributed by atoms with Crippen LogP contribution in [0.1, 0.15) is 0 Å². The normalized spacial score (nSPS) is 7.40. The van der Waals surface area contributed by atoms with Gasteiger partial charge >= 0.3 is 0 Å². The van der Waals surface area contributed by atoms with Crippen LogP contribution < -0.4 is 0 Å². The van der Waals surface area contributed by atoms with E-state index < -0.39 is 0 Å². The van der Waals surface area contributed by atoms with Crippen molar-refractivity contribution in [3.63, 3.8) is 0 Å². The van der Waals surface area contributed by atoms with Gasteiger partial charge in [0, 0.05) is 11.0 Å². The minimum Gasteiger partial charge on any atom is -0.269 e. The zero-order valence-corrected chi connectivity index (χ0v) is 7.49. The molecule has 1 rings (SSSR count). The number of hydrogen-bond acceptors (Lipinski definition) is 0. The van der Waals surface area contributed by atoms with Crippen LogP contribution in [-0.4, -0.2) is 11.0 Å². The summed E-state index contributed by atoms with van der Waals surface area (Å²) in [5.41, 5.74) is 0. The van der Waals surface area contributed by atoms with Crippen LogP contribution in [0, 0.1) is 0 Å². The second kappa shape index (κ2) is 5.71. The lowest BCUT2D eigenvalue weighted by molar-refractivity contribution is 1.11. The maximum atomic E-state index is 5.58. The van der Waals surface area contributed by atoms with Crippen LogP contribution in [0.2, 0.25) is 10.0 Å². The summed E-state index contributed by atoms with van der Waals surface area (Å²) in [6, 6.07) is 7.19. The van der Waals surface area contributed by atoms with Gasteiger partial charge in [0.15, 0.2) is 0 Å². The maximum absolute atomic E-state index is 5.58. The molecule has 0 aliphatic rings. The Morgan fingerprint density at radius 1 is 0.900 bits per heavy atom. The molecule has 0 aromatic heterocycles. The summed E-state index contributed by atoms with van der Waals surface area (Å²) >= 11 is 11.2. The van der Waals surface area contributed by atoms with Crippen LogP contribution in [0.3, 0.4) is 0 Å². The van der Waals surface area contributed by atoms with Crippen molar-refractivity contribution in [2.24, 2.45) is 0 Å². The maximum Gasteiger partial charge on any atom is 0.0592 e. The van der Waals surface area contributed by atoms with Gasteiger partial charge in [-0.15, -0.1) is 0 Å². The molecular formula is C6H5Cl2FSi. The van der Waals surface area contributed by atoms with E-state index in [1.54, 1.807) is 12.1 Å². The highest BCUT2D eigenvalue weighted by Crippen LogP contribution is 2.19. The molecule has 0 aliphatic carbocycles. The van der Waals surface area contributed by atoms with Gasteiger partial charge < -0.3 is 0 Å². The average Bonchev–Trinajstić information content (AvgIpc) is 1.77. The fourth-order valence-electron chi connectivity index (χ4n) is 0.439. The van der Waals surface area contributed by atoms with Crippen molar-refractivity contribution in [2.45, 2.75) is 0 Å². The van der Waals surface area contributed by atoms with Gasteiger partial charge in [0.05, 0.1) is 10.0 Å². The predicted molar refractivity (Wildman–Crippen MR) is 44.7 cm³/mol. The van der Waals surface area contributed by atoms with Crippen molar-refractivity contribution < 1.29 is 4.70 Å². The summed E-state index contributed by atoms with van der Waals surface area (Å²) in [7, 11) is 0. The summed E-state index contributed by atoms with van der Waals surface area (Å²) in [4.78, 5) is 0. The predicted octanol–water partition coefficient (Wildman–Crippen LogP) is 2.77. The van der Waals surface area contributed by atoms with Gasteiger partial charge in [0.2, 0.25) is 0 Å². The van der Waals surface area contributed by atoms with E-state index in [1.807, 2.05) is 12.1 Å². The van der Waals surface area contributed by atoms with E-state index in [1.165, 1.54) is 0 Å². The van der Waals surface area contributed by atoms with Gasteiger partial charge in [-0.1, -0.05) is 35.3 Å². The summed E-state index contributed by atoms with van der Waals surface area (Å²) in [6.07, 6.45) is 0. The van der Waals surface area contributed by atoms with E-state index >= 15 is 0 Å². The summed E-state index contributed by atoms with van der Waals surface area (Å²) in [6.45, 7) is 0. The van der Waals surface area contributed by atoms with Gasteiger partial charge in [0.1, 0.15) is 0 Å². The van der Waals surface area contributed by atoms with Crippen LogP contribution >= 0.6 is 23.2 Å². The molecule has 0 unspecified atom stereocenters. The topological polar surface area (TPSA) is 0 Å². The molecule has 0 heterocycles. The third-order valence-electron chi connectivity index (χ3n) is 0.824. The summed E-state index contributed by atoms with van der Waals surface area (Å²) in [5, 5.41) is 1.21. The highest BCUT2D eigenvalue weighted by molar-refractivity contribution is 6.41. The first kappa shape index (κ1) is 12.6.